The van der Waals surface area contributed by atoms with E-state index in [1.165, 1.54) is 11.6 Å². The van der Waals surface area contributed by atoms with Crippen LogP contribution in [0.3, 0.4) is 0 Å². The SMILES string of the molecule is CCc1cc[n+](CCOC(=O)Nc2ccc(Cc3ccc(N=C=O)cc3)cc2)cc1.O=S(=O)([N-]S(=O)(=O)C(F)(F)F)C(F)(F)F. The van der Waals surface area contributed by atoms with Gasteiger partial charge in [0, 0.05) is 17.8 Å². The minimum atomic E-state index is -6.72. The molecule has 0 aliphatic carbocycles. The molecule has 19 heteroatoms. The summed E-state index contributed by atoms with van der Waals surface area (Å²) < 4.78 is 116. The number of aliphatic imine (C=N–C) groups is 1. The quantitative estimate of drug-likeness (QED) is 0.130. The lowest BCUT2D eigenvalue weighted by atomic mass is 10.0. The lowest BCUT2D eigenvalue weighted by Gasteiger charge is -2.22. The number of rotatable bonds is 10. The van der Waals surface area contributed by atoms with Crippen LogP contribution >= 0.6 is 0 Å². The van der Waals surface area contributed by atoms with E-state index in [-0.39, 0.29) is 0 Å². The molecule has 3 aromatic rings. The Kier molecular flexibility index (Phi) is 12.8. The fourth-order valence-electron chi connectivity index (χ4n) is 3.17. The first-order chi connectivity index (χ1) is 20.9. The van der Waals surface area contributed by atoms with Crippen molar-refractivity contribution in [3.05, 3.63) is 93.9 Å². The normalized spacial score (nSPS) is 11.9. The van der Waals surface area contributed by atoms with Gasteiger partial charge in [0.05, 0.1) is 5.69 Å². The molecule has 45 heavy (non-hydrogen) atoms. The summed E-state index contributed by atoms with van der Waals surface area (Å²) in [4.78, 5) is 25.8. The zero-order chi connectivity index (χ0) is 33.9. The number of aryl methyl sites for hydroxylation is 1. The van der Waals surface area contributed by atoms with E-state index >= 15 is 0 Å². The number of carbonyl (C=O) groups is 1. The van der Waals surface area contributed by atoms with Gasteiger partial charge in [0.25, 0.3) is 0 Å². The van der Waals surface area contributed by atoms with Crippen LogP contribution in [-0.2, 0) is 49.0 Å². The van der Waals surface area contributed by atoms with Crippen LogP contribution in [0.15, 0.2) is 78.0 Å². The molecule has 1 aromatic heterocycles. The molecule has 1 heterocycles. The largest absolute Gasteiger partial charge is 0.480 e. The summed E-state index contributed by atoms with van der Waals surface area (Å²) in [6.07, 6.45) is 6.77. The minimum absolute atomic E-state index is 0.296. The standard InChI is InChI=1S/C24H23N3O3.C2F6NO4S2/c1-2-19-11-13-27(14-12-19)15-16-30-24(29)26-23-9-5-21(6-10-23)17-20-3-7-22(8-4-20)25-18-28;3-1(4,5)14(10,11)9-15(12,13)2(6,7)8/h3-14H,2,15-17H2,1H3;/q;-1/p+1. The third-order valence-electron chi connectivity index (χ3n) is 5.45. The Balaban J connectivity index is 0.000000399. The van der Waals surface area contributed by atoms with Gasteiger partial charge in [0.2, 0.25) is 6.08 Å². The molecular formula is C26H24F6N4O7S2. The minimum Gasteiger partial charge on any atom is -0.443 e. The van der Waals surface area contributed by atoms with Crippen molar-refractivity contribution in [1.29, 1.82) is 0 Å². The van der Waals surface area contributed by atoms with Crippen molar-refractivity contribution in [2.75, 3.05) is 11.9 Å². The highest BCUT2D eigenvalue weighted by Crippen LogP contribution is 2.36. The van der Waals surface area contributed by atoms with Gasteiger partial charge in [-0.25, -0.2) is 31.0 Å². The highest BCUT2D eigenvalue weighted by molar-refractivity contribution is 8.13. The molecule has 1 N–H and O–H groups in total. The van der Waals surface area contributed by atoms with Crippen LogP contribution in [-0.4, -0.2) is 46.6 Å². The molecule has 244 valence electrons. The maximum Gasteiger partial charge on any atom is 0.480 e. The zero-order valence-electron chi connectivity index (χ0n) is 23.0. The molecular weight excluding hydrogens is 658 g/mol. The van der Waals surface area contributed by atoms with Gasteiger partial charge >= 0.3 is 17.1 Å². The van der Waals surface area contributed by atoms with Gasteiger partial charge in [-0.1, -0.05) is 31.2 Å². The molecule has 0 saturated carbocycles. The number of amides is 1. The fourth-order valence-corrected chi connectivity index (χ4v) is 4.88. The molecule has 0 unspecified atom stereocenters. The van der Waals surface area contributed by atoms with Gasteiger partial charge in [-0.3, -0.25) is 5.32 Å². The van der Waals surface area contributed by atoms with Crippen LogP contribution in [0.1, 0.15) is 23.6 Å². The number of carbonyl (C=O) groups excluding carboxylic acids is 2. The second kappa shape index (κ2) is 15.6. The number of aromatic nitrogens is 1. The van der Waals surface area contributed by atoms with Crippen LogP contribution in [0, 0.1) is 0 Å². The Morgan fingerprint density at radius 2 is 1.33 bits per heavy atom. The topological polar surface area (TPSA) is 154 Å². The lowest BCUT2D eigenvalue weighted by Crippen LogP contribution is -2.36. The van der Waals surface area contributed by atoms with E-state index in [0.29, 0.717) is 24.5 Å². The van der Waals surface area contributed by atoms with E-state index < -0.39 is 37.2 Å². The van der Waals surface area contributed by atoms with Crippen molar-refractivity contribution >= 4 is 43.6 Å². The van der Waals surface area contributed by atoms with Gasteiger partial charge in [0.15, 0.2) is 45.6 Å². The smallest absolute Gasteiger partial charge is 0.443 e. The molecule has 11 nitrogen and oxygen atoms in total. The number of alkyl halides is 6. The Bertz CT molecular complexity index is 1650. The predicted molar refractivity (Wildman–Crippen MR) is 148 cm³/mol. The average molecular weight is 683 g/mol. The molecule has 0 aliphatic rings. The van der Waals surface area contributed by atoms with E-state index in [9.17, 15) is 52.8 Å². The van der Waals surface area contributed by atoms with Crippen LogP contribution in [0.25, 0.3) is 4.13 Å². The van der Waals surface area contributed by atoms with E-state index in [4.69, 9.17) is 4.74 Å². The number of pyridine rings is 1. The van der Waals surface area contributed by atoms with E-state index in [1.54, 1.807) is 12.1 Å². The number of hydrogen-bond acceptors (Lipinski definition) is 8. The summed E-state index contributed by atoms with van der Waals surface area (Å²) in [5, 5.41) is 2.74. The van der Waals surface area contributed by atoms with Crippen molar-refractivity contribution in [2.24, 2.45) is 4.99 Å². The summed E-state index contributed by atoms with van der Waals surface area (Å²) in [5.74, 6) is 0. The number of isocyanates is 1. The van der Waals surface area contributed by atoms with Crippen LogP contribution in [0.5, 0.6) is 0 Å². The van der Waals surface area contributed by atoms with Gasteiger partial charge < -0.3 is 8.86 Å². The van der Waals surface area contributed by atoms with Crippen molar-refractivity contribution < 1.29 is 62.1 Å². The maximum atomic E-state index is 12.0. The first-order valence-electron chi connectivity index (χ1n) is 12.4. The Morgan fingerprint density at radius 1 is 0.844 bits per heavy atom. The number of ether oxygens (including phenoxy) is 1. The molecule has 0 fully saturated rings. The number of halogens is 6. The zero-order valence-corrected chi connectivity index (χ0v) is 24.7. The number of nitrogens with one attached hydrogen (secondary N) is 1. The van der Waals surface area contributed by atoms with Crippen LogP contribution in [0.4, 0.5) is 42.5 Å². The van der Waals surface area contributed by atoms with Crippen LogP contribution < -0.4 is 9.88 Å². The van der Waals surface area contributed by atoms with E-state index in [2.05, 4.69) is 29.4 Å². The van der Waals surface area contributed by atoms with Gasteiger partial charge in [-0.15, -0.1) is 0 Å². The summed E-state index contributed by atoms with van der Waals surface area (Å²) in [5.41, 5.74) is -7.66. The Hall–Kier alpha value is -4.32. The van der Waals surface area contributed by atoms with Gasteiger partial charge in [-0.05, 0) is 53.8 Å². The number of hydrogen-bond donors (Lipinski definition) is 1. The summed E-state index contributed by atoms with van der Waals surface area (Å²) in [6, 6.07) is 19.1. The van der Waals surface area contributed by atoms with Crippen molar-refractivity contribution in [1.82, 2.24) is 0 Å². The second-order valence-electron chi connectivity index (χ2n) is 8.72. The molecule has 0 saturated heterocycles. The number of anilines is 1. The summed E-state index contributed by atoms with van der Waals surface area (Å²) in [6.45, 7) is 3.01. The second-order valence-corrected chi connectivity index (χ2v) is 12.1. The molecule has 0 atom stereocenters. The Labute approximate surface area is 253 Å². The molecule has 0 bridgehead atoms. The van der Waals surface area contributed by atoms with Gasteiger partial charge in [-0.2, -0.15) is 31.3 Å². The van der Waals surface area contributed by atoms with E-state index in [1.807, 2.05) is 53.4 Å². The van der Waals surface area contributed by atoms with Gasteiger partial charge in [0.1, 0.15) is 0 Å². The van der Waals surface area contributed by atoms with E-state index in [0.717, 1.165) is 28.1 Å². The molecule has 2 aromatic carbocycles. The van der Waals surface area contributed by atoms with Crippen molar-refractivity contribution in [3.63, 3.8) is 0 Å². The maximum absolute atomic E-state index is 12.0. The highest BCUT2D eigenvalue weighted by atomic mass is 32.3. The number of sulfonamides is 2. The Morgan fingerprint density at radius 3 is 1.78 bits per heavy atom. The highest BCUT2D eigenvalue weighted by Gasteiger charge is 2.46. The first-order valence-corrected chi connectivity index (χ1v) is 15.3. The van der Waals surface area contributed by atoms with Crippen LogP contribution in [0.2, 0.25) is 0 Å². The molecule has 0 aliphatic heterocycles. The molecule has 0 radical (unpaired) electrons. The third-order valence-corrected chi connectivity index (χ3v) is 8.19. The number of nitrogens with zero attached hydrogens (tertiary/aromatic N) is 3. The molecule has 0 spiro atoms. The molecule has 1 amide bonds. The summed E-state index contributed by atoms with van der Waals surface area (Å²) in [7, 11) is -13.4. The lowest BCUT2D eigenvalue weighted by molar-refractivity contribution is -0.697. The fraction of sp³-hybridized carbons (Fsp3) is 0.269. The third kappa shape index (κ3) is 11.9. The monoisotopic (exact) mass is 682 g/mol. The molecule has 3 rings (SSSR count). The van der Waals surface area contributed by atoms with Crippen molar-refractivity contribution in [2.45, 2.75) is 37.3 Å². The predicted octanol–water partition coefficient (Wildman–Crippen LogP) is 5.40. The average Bonchev–Trinajstić information content (AvgIpc) is 2.94. The first kappa shape index (κ1) is 36.9. The summed E-state index contributed by atoms with van der Waals surface area (Å²) >= 11 is 0. The number of benzene rings is 2. The van der Waals surface area contributed by atoms with Crippen molar-refractivity contribution in [3.8, 4) is 0 Å².